The van der Waals surface area contributed by atoms with E-state index in [1.54, 1.807) is 0 Å². The first-order valence-electron chi connectivity index (χ1n) is 22.2. The lowest BCUT2D eigenvalue weighted by molar-refractivity contribution is -0.174. The monoisotopic (exact) mass is 965 g/mol. The van der Waals surface area contributed by atoms with Gasteiger partial charge in [-0.15, -0.1) is 0 Å². The van der Waals surface area contributed by atoms with Crippen LogP contribution in [0.1, 0.15) is 118 Å². The second kappa shape index (κ2) is 19.9. The van der Waals surface area contributed by atoms with E-state index in [0.29, 0.717) is 55.5 Å². The van der Waals surface area contributed by atoms with E-state index in [2.05, 4.69) is 46.1 Å². The van der Waals surface area contributed by atoms with Crippen molar-refractivity contribution in [2.45, 2.75) is 120 Å². The molecule has 9 nitrogen and oxygen atoms in total. The number of hydrogen-bond donors (Lipinski definition) is 1. The highest BCUT2D eigenvalue weighted by Crippen LogP contribution is 2.58. The van der Waals surface area contributed by atoms with E-state index in [4.69, 9.17) is 25.8 Å². The molecule has 14 heteroatoms. The fraction of sp³-hybridized carbons (Fsp3) is 0.480. The molecule has 0 radical (unpaired) electrons. The molecule has 0 bridgehead atoms. The first kappa shape index (κ1) is 47.3. The number of ether oxygens (including phenoxy) is 3. The molecule has 1 N–H and O–H groups in total. The van der Waals surface area contributed by atoms with Crippen LogP contribution in [0.2, 0.25) is 5.02 Å². The Morgan fingerprint density at radius 1 is 1.00 bits per heavy atom. The van der Waals surface area contributed by atoms with Crippen molar-refractivity contribution in [3.05, 3.63) is 116 Å². The molecule has 0 unspecified atom stereocenters. The minimum absolute atomic E-state index is 0.0335. The fourth-order valence-electron chi connectivity index (χ4n) is 10.5. The number of amides is 2. The maximum absolute atomic E-state index is 14.5. The number of alkyl halides is 3. The molecule has 4 aromatic rings. The molecule has 0 saturated heterocycles. The molecule has 7 rings (SSSR count). The first-order valence-corrected chi connectivity index (χ1v) is 23.4. The van der Waals surface area contributed by atoms with Crippen LogP contribution in [0.5, 0.6) is 11.5 Å². The number of carbonyl (C=O) groups excluding carboxylic acids is 3. The summed E-state index contributed by atoms with van der Waals surface area (Å²) in [7, 11) is 1.13. The fourth-order valence-corrected chi connectivity index (χ4v) is 11.1. The minimum atomic E-state index is -5.28. The van der Waals surface area contributed by atoms with Crippen LogP contribution >= 0.6 is 27.5 Å². The van der Waals surface area contributed by atoms with Gasteiger partial charge in [0.05, 0.1) is 26.4 Å². The Balaban J connectivity index is 1.13. The molecule has 3 aromatic carbocycles. The molecular formula is C50H56BrClF3N3O6. The van der Waals surface area contributed by atoms with Crippen LogP contribution in [0.3, 0.4) is 0 Å². The summed E-state index contributed by atoms with van der Waals surface area (Å²) in [5, 5.41) is 3.17. The molecule has 1 spiro atoms. The highest BCUT2D eigenvalue weighted by Gasteiger charge is 2.60. The van der Waals surface area contributed by atoms with Crippen molar-refractivity contribution in [2.24, 2.45) is 11.8 Å². The number of fused-ring (bicyclic) bond motifs is 3. The topological polar surface area (TPSA) is 107 Å². The number of aryl methyl sites for hydroxylation is 1. The van der Waals surface area contributed by atoms with Crippen molar-refractivity contribution in [1.29, 1.82) is 0 Å². The van der Waals surface area contributed by atoms with Crippen molar-refractivity contribution in [1.82, 2.24) is 10.3 Å². The quantitative estimate of drug-likeness (QED) is 0.0934. The normalized spacial score (nSPS) is 22.5. The number of anilines is 1. The lowest BCUT2D eigenvalue weighted by Gasteiger charge is -2.51. The Morgan fingerprint density at radius 3 is 2.48 bits per heavy atom. The Labute approximate surface area is 386 Å². The van der Waals surface area contributed by atoms with Crippen molar-refractivity contribution in [3.63, 3.8) is 0 Å². The molecule has 1 fully saturated rings. The SMILES string of the molecule is COC(=O)C1(N(C(=O)C(F)(F)F)c2cccc(Cl)c2)CCC2(CC1)c1cc(OCCCC(=O)N[C@H](C)c3cccc(Br)c3)ccc1C[C@@H]2C[C@@H](C)COc1ccnc2c1[C@H](C)CCC2. The Kier molecular flexibility index (Phi) is 14.7. The second-order valence-corrected chi connectivity index (χ2v) is 19.3. The largest absolute Gasteiger partial charge is 0.494 e. The van der Waals surface area contributed by atoms with Gasteiger partial charge in [-0.05, 0) is 160 Å². The zero-order chi connectivity index (χ0) is 45.8. The summed E-state index contributed by atoms with van der Waals surface area (Å²) in [4.78, 5) is 45.5. The third-order valence-electron chi connectivity index (χ3n) is 13.7. The van der Waals surface area contributed by atoms with E-state index < -0.39 is 29.0 Å². The van der Waals surface area contributed by atoms with E-state index in [1.165, 1.54) is 29.8 Å². The molecule has 1 aromatic heterocycles. The first-order chi connectivity index (χ1) is 30.5. The van der Waals surface area contributed by atoms with Crippen LogP contribution in [0.4, 0.5) is 18.9 Å². The van der Waals surface area contributed by atoms with E-state index >= 15 is 0 Å². The molecule has 4 atom stereocenters. The molecule has 64 heavy (non-hydrogen) atoms. The summed E-state index contributed by atoms with van der Waals surface area (Å²) < 4.78 is 62.6. The molecular weight excluding hydrogens is 911 g/mol. The Bertz CT molecular complexity index is 2340. The van der Waals surface area contributed by atoms with Gasteiger partial charge in [0.1, 0.15) is 17.0 Å². The number of benzene rings is 3. The number of esters is 1. The van der Waals surface area contributed by atoms with Gasteiger partial charge in [-0.25, -0.2) is 4.79 Å². The van der Waals surface area contributed by atoms with Crippen LogP contribution in [-0.2, 0) is 37.4 Å². The predicted octanol–water partition coefficient (Wildman–Crippen LogP) is 11.6. The van der Waals surface area contributed by atoms with Crippen LogP contribution in [-0.4, -0.2) is 54.8 Å². The summed E-state index contributed by atoms with van der Waals surface area (Å²) in [6, 6.07) is 21.2. The van der Waals surface area contributed by atoms with E-state index in [1.807, 2.05) is 55.6 Å². The number of nitrogens with one attached hydrogen (secondary N) is 1. The number of methoxy groups -OCH3 is 1. The molecule has 0 aliphatic heterocycles. The number of carbonyl (C=O) groups is 3. The van der Waals surface area contributed by atoms with Gasteiger partial charge in [0, 0.05) is 39.1 Å². The average molecular weight is 967 g/mol. The highest BCUT2D eigenvalue weighted by atomic mass is 79.9. The summed E-state index contributed by atoms with van der Waals surface area (Å²) >= 11 is 9.76. The number of aromatic nitrogens is 1. The molecule has 1 saturated carbocycles. The van der Waals surface area contributed by atoms with Gasteiger partial charge in [0.2, 0.25) is 5.91 Å². The summed E-state index contributed by atoms with van der Waals surface area (Å²) in [6.45, 7) is 7.06. The highest BCUT2D eigenvalue weighted by molar-refractivity contribution is 9.10. The molecule has 2 amide bonds. The van der Waals surface area contributed by atoms with Crippen molar-refractivity contribution >= 4 is 51.0 Å². The number of pyridine rings is 1. The van der Waals surface area contributed by atoms with Crippen LogP contribution in [0, 0.1) is 11.8 Å². The zero-order valence-corrected chi connectivity index (χ0v) is 39.1. The van der Waals surface area contributed by atoms with Crippen molar-refractivity contribution in [2.75, 3.05) is 25.2 Å². The lowest BCUT2D eigenvalue weighted by atomic mass is 9.59. The van der Waals surface area contributed by atoms with E-state index in [9.17, 15) is 27.6 Å². The zero-order valence-electron chi connectivity index (χ0n) is 36.7. The average Bonchev–Trinajstić information content (AvgIpc) is 3.55. The lowest BCUT2D eigenvalue weighted by Crippen LogP contribution is -2.63. The van der Waals surface area contributed by atoms with Crippen LogP contribution in [0.25, 0.3) is 0 Å². The number of hydrogen-bond acceptors (Lipinski definition) is 7. The Morgan fingerprint density at radius 2 is 1.77 bits per heavy atom. The minimum Gasteiger partial charge on any atom is -0.494 e. The van der Waals surface area contributed by atoms with Gasteiger partial charge < -0.3 is 19.5 Å². The third-order valence-corrected chi connectivity index (χ3v) is 14.4. The summed E-state index contributed by atoms with van der Waals surface area (Å²) in [5.74, 6) is -1.21. The van der Waals surface area contributed by atoms with Crippen molar-refractivity contribution < 1.29 is 41.8 Å². The van der Waals surface area contributed by atoms with Crippen LogP contribution in [0.15, 0.2) is 83.5 Å². The van der Waals surface area contributed by atoms with E-state index in [-0.39, 0.29) is 53.8 Å². The van der Waals surface area contributed by atoms with Gasteiger partial charge in [-0.1, -0.05) is 65.6 Å². The maximum atomic E-state index is 14.5. The van der Waals surface area contributed by atoms with Crippen molar-refractivity contribution in [3.8, 4) is 11.5 Å². The number of nitrogens with zero attached hydrogens (tertiary/aromatic N) is 2. The standard InChI is InChI=1S/C50H56BrClF3N3O6/c1-31(30-64-43-18-23-56-42-14-5-9-32(2)45(42)43)25-36-26-35-16-17-40(63-24-8-15-44(59)57-33(3)34-10-6-11-37(51)27-34)29-41(35)48(36)19-21-49(22-20-48,47(61)62-4)58(46(60)50(53,54)55)39-13-7-12-38(52)28-39/h6-7,10-13,16-18,23,27-29,31-33,36H,5,8-9,14-15,19-22,24-26,30H2,1-4H3,(H,57,59)/t31-,32-,33-,36+,48?,49?/m1/s1. The molecule has 1 heterocycles. The second-order valence-electron chi connectivity index (χ2n) is 17.9. The molecule has 3 aliphatic carbocycles. The number of rotatable bonds is 15. The van der Waals surface area contributed by atoms with Gasteiger partial charge in [0.25, 0.3) is 0 Å². The van der Waals surface area contributed by atoms with E-state index in [0.717, 1.165) is 65.4 Å². The van der Waals surface area contributed by atoms with Gasteiger partial charge >= 0.3 is 18.1 Å². The Hall–Kier alpha value is -4.62. The van der Waals surface area contributed by atoms with Gasteiger partial charge in [-0.3, -0.25) is 19.5 Å². The smallest absolute Gasteiger partial charge is 0.471 e. The van der Waals surface area contributed by atoms with Gasteiger partial charge in [-0.2, -0.15) is 13.2 Å². The predicted molar refractivity (Wildman–Crippen MR) is 244 cm³/mol. The maximum Gasteiger partial charge on any atom is 0.471 e. The number of halogens is 5. The van der Waals surface area contributed by atoms with Crippen LogP contribution < -0.4 is 19.7 Å². The third kappa shape index (κ3) is 10.1. The summed E-state index contributed by atoms with van der Waals surface area (Å²) in [5.41, 5.74) is 2.72. The molecule has 3 aliphatic rings. The summed E-state index contributed by atoms with van der Waals surface area (Å²) in [6.07, 6.45) is 2.25. The molecule has 342 valence electrons. The van der Waals surface area contributed by atoms with Gasteiger partial charge in [0.15, 0.2) is 0 Å².